The van der Waals surface area contributed by atoms with Crippen LogP contribution in [0.4, 0.5) is 4.39 Å². The number of hydrogen-bond acceptors (Lipinski definition) is 4. The highest BCUT2D eigenvalue weighted by Gasteiger charge is 2.50. The fourth-order valence-electron chi connectivity index (χ4n) is 4.83. The van der Waals surface area contributed by atoms with Gasteiger partial charge in [-0.2, -0.15) is 0 Å². The van der Waals surface area contributed by atoms with Crippen LogP contribution in [0.5, 0.6) is 0 Å². The van der Waals surface area contributed by atoms with Gasteiger partial charge in [0.1, 0.15) is 0 Å². The van der Waals surface area contributed by atoms with Crippen molar-refractivity contribution in [3.05, 3.63) is 44.1 Å². The normalized spacial score (nSPS) is 28.5. The van der Waals surface area contributed by atoms with Gasteiger partial charge in [-0.15, -0.1) is 0 Å². The number of carbonyl (C=O) groups excluding carboxylic acids is 1. The maximum Gasteiger partial charge on any atom is 0.340 e. The highest BCUT2D eigenvalue weighted by molar-refractivity contribution is 14.1. The van der Waals surface area contributed by atoms with Crippen molar-refractivity contribution in [3.8, 4) is 0 Å². The molecule has 0 aromatic carbocycles. The largest absolute Gasteiger partial charge is 0.479 e. The predicted molar refractivity (Wildman–Crippen MR) is 131 cm³/mol. The topological polar surface area (TPSA) is 90.2 Å². The fourth-order valence-corrected chi connectivity index (χ4v) is 5.80. The lowest BCUT2D eigenvalue weighted by Crippen LogP contribution is -2.49. The molecule has 32 heavy (non-hydrogen) atoms. The van der Waals surface area contributed by atoms with Crippen LogP contribution in [0.3, 0.4) is 0 Å². The van der Waals surface area contributed by atoms with Gasteiger partial charge in [-0.05, 0) is 95.9 Å². The Morgan fingerprint density at radius 2 is 2.12 bits per heavy atom. The summed E-state index contributed by atoms with van der Waals surface area (Å²) in [5, 5.41) is 20.6. The molecule has 1 saturated carbocycles. The Balaban J connectivity index is 2.11. The van der Waals surface area contributed by atoms with Crippen molar-refractivity contribution in [2.24, 2.45) is 4.99 Å². The van der Waals surface area contributed by atoms with Crippen LogP contribution in [0, 0.1) is 0 Å². The summed E-state index contributed by atoms with van der Waals surface area (Å²) in [7, 11) is 0. The van der Waals surface area contributed by atoms with Gasteiger partial charge in [0, 0.05) is 13.1 Å². The Labute approximate surface area is 201 Å². The van der Waals surface area contributed by atoms with Gasteiger partial charge in [0.25, 0.3) is 5.91 Å². The van der Waals surface area contributed by atoms with Gasteiger partial charge in [-0.1, -0.05) is 19.6 Å². The molecule has 2 fully saturated rings. The second-order valence-corrected chi connectivity index (χ2v) is 9.46. The van der Waals surface area contributed by atoms with Crippen LogP contribution in [0.15, 0.2) is 49.1 Å². The van der Waals surface area contributed by atoms with Gasteiger partial charge in [0.2, 0.25) is 0 Å². The Morgan fingerprint density at radius 3 is 2.72 bits per heavy atom. The number of aliphatic carboxylic acids is 1. The number of aliphatic hydroxyl groups is 1. The SMILES string of the molecule is C=C1/C(=C2/CN3C(=O)C(I)=C(C(O)(CC)C(=O)O)CC3C2=NCCCF)CCC/C1=C\C. The maximum atomic E-state index is 13.3. The molecule has 2 atom stereocenters. The summed E-state index contributed by atoms with van der Waals surface area (Å²) in [5.74, 6) is -1.66. The Bertz CT molecular complexity index is 965. The minimum absolute atomic E-state index is 0.0477. The summed E-state index contributed by atoms with van der Waals surface area (Å²) >= 11 is 1.85. The van der Waals surface area contributed by atoms with Gasteiger partial charge < -0.3 is 15.1 Å². The second-order valence-electron chi connectivity index (χ2n) is 8.38. The summed E-state index contributed by atoms with van der Waals surface area (Å²) in [6.07, 6.45) is 5.24. The minimum Gasteiger partial charge on any atom is -0.479 e. The number of hydrogen-bond donors (Lipinski definition) is 2. The van der Waals surface area contributed by atoms with Crippen molar-refractivity contribution in [2.45, 2.75) is 64.0 Å². The number of aliphatic imine (C=N–C) groups is 1. The van der Waals surface area contributed by atoms with Crippen LogP contribution < -0.4 is 0 Å². The number of fused-ring (bicyclic) bond motifs is 1. The lowest BCUT2D eigenvalue weighted by Gasteiger charge is -2.36. The van der Waals surface area contributed by atoms with Crippen LogP contribution in [0.2, 0.25) is 0 Å². The van der Waals surface area contributed by atoms with E-state index in [0.717, 1.165) is 36.0 Å². The molecular formula is C24H30FIN2O4. The number of nitrogens with zero attached hydrogens (tertiary/aromatic N) is 2. The van der Waals surface area contributed by atoms with Crippen molar-refractivity contribution in [1.29, 1.82) is 0 Å². The standard InChI is InChI=1S/C24H30FIN2O4/c1-4-15-8-6-9-16(14(15)3)17-13-28-19(21(17)27-11-7-10-25)12-18(20(26)22(28)29)24(32,5-2)23(30)31/h4,19,32H,3,5-13H2,1-2H3,(H,30,31)/b15-4+,17-16-,27-21?. The van der Waals surface area contributed by atoms with E-state index in [9.17, 15) is 24.2 Å². The van der Waals surface area contributed by atoms with Gasteiger partial charge in [-0.25, -0.2) is 4.79 Å². The monoisotopic (exact) mass is 556 g/mol. The summed E-state index contributed by atoms with van der Waals surface area (Å²) < 4.78 is 13.1. The number of rotatable bonds is 6. The van der Waals surface area contributed by atoms with E-state index in [2.05, 4.69) is 12.7 Å². The molecule has 2 heterocycles. The zero-order chi connectivity index (χ0) is 23.6. The molecule has 1 saturated heterocycles. The van der Waals surface area contributed by atoms with Crippen LogP contribution in [-0.2, 0) is 9.59 Å². The van der Waals surface area contributed by atoms with E-state index in [-0.39, 0.29) is 40.9 Å². The van der Waals surface area contributed by atoms with Crippen molar-refractivity contribution >= 4 is 40.2 Å². The first-order chi connectivity index (χ1) is 15.2. The van der Waals surface area contributed by atoms with Crippen LogP contribution in [0.1, 0.15) is 52.4 Å². The molecule has 0 aromatic rings. The first-order valence-corrected chi connectivity index (χ1v) is 12.1. The number of carbonyl (C=O) groups is 2. The molecule has 8 heteroatoms. The van der Waals surface area contributed by atoms with Gasteiger partial charge in [-0.3, -0.25) is 14.2 Å². The van der Waals surface area contributed by atoms with Crippen LogP contribution >= 0.6 is 22.6 Å². The molecule has 174 valence electrons. The van der Waals surface area contributed by atoms with Crippen molar-refractivity contribution < 1.29 is 24.2 Å². The van der Waals surface area contributed by atoms with E-state index >= 15 is 0 Å². The average molecular weight is 556 g/mol. The van der Waals surface area contributed by atoms with E-state index in [1.54, 1.807) is 11.8 Å². The van der Waals surface area contributed by atoms with E-state index < -0.39 is 24.3 Å². The van der Waals surface area contributed by atoms with Crippen molar-refractivity contribution in [3.63, 3.8) is 0 Å². The van der Waals surface area contributed by atoms with E-state index in [1.807, 2.05) is 29.5 Å². The van der Waals surface area contributed by atoms with Crippen molar-refractivity contribution in [1.82, 2.24) is 4.90 Å². The smallest absolute Gasteiger partial charge is 0.340 e. The fraction of sp³-hybridized carbons (Fsp3) is 0.542. The van der Waals surface area contributed by atoms with Crippen molar-refractivity contribution in [2.75, 3.05) is 19.8 Å². The van der Waals surface area contributed by atoms with Crippen LogP contribution in [0.25, 0.3) is 0 Å². The summed E-state index contributed by atoms with van der Waals surface area (Å²) in [4.78, 5) is 31.6. The summed E-state index contributed by atoms with van der Waals surface area (Å²) in [6.45, 7) is 8.03. The molecule has 1 amide bonds. The van der Waals surface area contributed by atoms with E-state index in [1.165, 1.54) is 5.57 Å². The molecule has 1 aliphatic carbocycles. The maximum absolute atomic E-state index is 13.3. The lowest BCUT2D eigenvalue weighted by molar-refractivity contribution is -0.155. The molecule has 2 aliphatic heterocycles. The summed E-state index contributed by atoms with van der Waals surface area (Å²) in [6, 6.07) is -0.473. The zero-order valence-electron chi connectivity index (χ0n) is 18.6. The number of halogens is 2. The van der Waals surface area contributed by atoms with Gasteiger partial charge >= 0.3 is 5.97 Å². The first kappa shape index (κ1) is 24.8. The molecule has 2 N–H and O–H groups in total. The second kappa shape index (κ2) is 9.99. The molecule has 2 unspecified atom stereocenters. The molecule has 0 bridgehead atoms. The number of carboxylic acid groups (broad SMARTS) is 1. The van der Waals surface area contributed by atoms with E-state index in [0.29, 0.717) is 12.3 Å². The highest BCUT2D eigenvalue weighted by atomic mass is 127. The number of allylic oxidation sites excluding steroid dienone is 4. The minimum atomic E-state index is -2.11. The van der Waals surface area contributed by atoms with E-state index in [4.69, 9.17) is 4.99 Å². The molecule has 0 radical (unpaired) electrons. The molecule has 0 aromatic heterocycles. The van der Waals surface area contributed by atoms with Gasteiger partial charge in [0.15, 0.2) is 5.60 Å². The number of amides is 1. The Hall–Kier alpha value is -1.81. The molecular weight excluding hydrogens is 526 g/mol. The third-order valence-electron chi connectivity index (χ3n) is 6.72. The summed E-state index contributed by atoms with van der Waals surface area (Å²) in [5.41, 5.74) is 2.96. The highest BCUT2D eigenvalue weighted by Crippen LogP contribution is 2.43. The third-order valence-corrected chi connectivity index (χ3v) is 7.83. The Kier molecular flexibility index (Phi) is 7.75. The zero-order valence-corrected chi connectivity index (χ0v) is 20.7. The first-order valence-electron chi connectivity index (χ1n) is 11.0. The Morgan fingerprint density at radius 1 is 1.41 bits per heavy atom. The van der Waals surface area contributed by atoms with Gasteiger partial charge in [0.05, 0.1) is 22.0 Å². The number of alkyl halides is 1. The van der Waals surface area contributed by atoms with Crippen LogP contribution in [-0.4, -0.2) is 64.1 Å². The quantitative estimate of drug-likeness (QED) is 0.377. The molecule has 3 rings (SSSR count). The lowest BCUT2D eigenvalue weighted by atomic mass is 9.81. The third kappa shape index (κ3) is 4.23. The molecule has 6 nitrogen and oxygen atoms in total. The average Bonchev–Trinajstić information content (AvgIpc) is 3.14. The molecule has 0 spiro atoms. The molecule has 3 aliphatic rings. The predicted octanol–water partition coefficient (Wildman–Crippen LogP) is 4.30. The number of carboxylic acids is 1.